The van der Waals surface area contributed by atoms with Crippen molar-refractivity contribution in [3.05, 3.63) is 88.4 Å². The molecule has 11 heteroatoms. The molecule has 0 aliphatic heterocycles. The van der Waals surface area contributed by atoms with E-state index in [1.54, 1.807) is 37.3 Å². The maximum absolute atomic E-state index is 14.1. The first-order chi connectivity index (χ1) is 20.1. The molecule has 0 heterocycles. The van der Waals surface area contributed by atoms with Gasteiger partial charge in [0.1, 0.15) is 18.3 Å². The van der Waals surface area contributed by atoms with Gasteiger partial charge >= 0.3 is 0 Å². The minimum atomic E-state index is -4.20. The normalized spacial score (nSPS) is 14.6. The number of rotatable bonds is 11. The number of methoxy groups -OCH3 is 1. The molecule has 1 aliphatic rings. The number of carbonyl (C=O) groups is 2. The Kier molecular flexibility index (Phi) is 10.8. The smallest absolute Gasteiger partial charge is 0.264 e. The number of anilines is 1. The molecule has 8 nitrogen and oxygen atoms in total. The van der Waals surface area contributed by atoms with E-state index in [0.717, 1.165) is 36.4 Å². The molecule has 3 aromatic carbocycles. The lowest BCUT2D eigenvalue weighted by atomic mass is 9.95. The van der Waals surface area contributed by atoms with E-state index in [9.17, 15) is 18.0 Å². The van der Waals surface area contributed by atoms with Gasteiger partial charge in [-0.15, -0.1) is 0 Å². The van der Waals surface area contributed by atoms with E-state index < -0.39 is 28.5 Å². The Hall–Kier alpha value is -3.27. The van der Waals surface area contributed by atoms with Gasteiger partial charge in [0.25, 0.3) is 10.0 Å². The summed E-state index contributed by atoms with van der Waals surface area (Å²) in [6, 6.07) is 18.3. The van der Waals surface area contributed by atoms with Gasteiger partial charge in [-0.2, -0.15) is 0 Å². The number of sulfonamides is 1. The van der Waals surface area contributed by atoms with Crippen molar-refractivity contribution in [2.45, 2.75) is 62.6 Å². The van der Waals surface area contributed by atoms with Crippen LogP contribution >= 0.6 is 23.2 Å². The second-order valence-electron chi connectivity index (χ2n) is 10.3. The molecule has 1 fully saturated rings. The standard InChI is InChI=1S/C31H35Cl2N3O5S/c1-22(31(38)34-26-9-4-3-5-10-26)35(20-23-7-6-8-25(33)19-23)30(37)21-36(27-13-11-24(32)12-14-27)42(39,40)29-17-15-28(41-2)16-18-29/h6-8,11-19,22,26H,3-5,9-10,20-21H2,1-2H3,(H,34,38)/t22-/m0/s1. The summed E-state index contributed by atoms with van der Waals surface area (Å²) in [5, 5.41) is 4.00. The van der Waals surface area contributed by atoms with E-state index in [0.29, 0.717) is 21.4 Å². The predicted molar refractivity (Wildman–Crippen MR) is 165 cm³/mol. The number of hydrogen-bond donors (Lipinski definition) is 1. The predicted octanol–water partition coefficient (Wildman–Crippen LogP) is 6.06. The molecule has 0 radical (unpaired) electrons. The lowest BCUT2D eigenvalue weighted by Gasteiger charge is -2.33. The molecular formula is C31H35Cl2N3O5S. The van der Waals surface area contributed by atoms with Crippen LogP contribution in [0, 0.1) is 0 Å². The zero-order valence-electron chi connectivity index (χ0n) is 23.6. The fourth-order valence-corrected chi connectivity index (χ4v) is 6.75. The molecule has 1 saturated carbocycles. The summed E-state index contributed by atoms with van der Waals surface area (Å²) in [7, 11) is -2.71. The topological polar surface area (TPSA) is 96.0 Å². The van der Waals surface area contributed by atoms with Crippen molar-refractivity contribution in [2.75, 3.05) is 18.0 Å². The molecule has 1 atom stereocenters. The summed E-state index contributed by atoms with van der Waals surface area (Å²) in [4.78, 5) is 28.8. The quantitative estimate of drug-likeness (QED) is 0.277. The highest BCUT2D eigenvalue weighted by atomic mass is 35.5. The van der Waals surface area contributed by atoms with E-state index in [1.165, 1.54) is 48.4 Å². The van der Waals surface area contributed by atoms with Crippen LogP contribution in [0.4, 0.5) is 5.69 Å². The number of hydrogen-bond acceptors (Lipinski definition) is 5. The van der Waals surface area contributed by atoms with Crippen LogP contribution in [0.15, 0.2) is 77.7 Å². The summed E-state index contributed by atoms with van der Waals surface area (Å²) in [6.07, 6.45) is 5.02. The van der Waals surface area contributed by atoms with Crippen LogP contribution in [0.1, 0.15) is 44.6 Å². The molecule has 224 valence electrons. The van der Waals surface area contributed by atoms with Crippen LogP contribution < -0.4 is 14.4 Å². The van der Waals surface area contributed by atoms with Gasteiger partial charge in [-0.05, 0) is 86.0 Å². The highest BCUT2D eigenvalue weighted by Gasteiger charge is 2.33. The first-order valence-corrected chi connectivity index (χ1v) is 16.0. The Morgan fingerprint density at radius 3 is 2.24 bits per heavy atom. The van der Waals surface area contributed by atoms with Crippen LogP contribution in [0.5, 0.6) is 5.75 Å². The molecule has 0 bridgehead atoms. The van der Waals surface area contributed by atoms with Gasteiger partial charge in [-0.3, -0.25) is 13.9 Å². The van der Waals surface area contributed by atoms with Gasteiger partial charge in [-0.25, -0.2) is 8.42 Å². The van der Waals surface area contributed by atoms with Gasteiger partial charge in [0, 0.05) is 22.6 Å². The minimum absolute atomic E-state index is 0.0180. The van der Waals surface area contributed by atoms with Crippen molar-refractivity contribution in [1.82, 2.24) is 10.2 Å². The number of halogens is 2. The summed E-state index contributed by atoms with van der Waals surface area (Å²) < 4.78 is 34.1. The van der Waals surface area contributed by atoms with E-state index >= 15 is 0 Å². The van der Waals surface area contributed by atoms with Crippen molar-refractivity contribution in [3.63, 3.8) is 0 Å². The number of benzene rings is 3. The number of nitrogens with zero attached hydrogens (tertiary/aromatic N) is 2. The molecule has 1 aliphatic carbocycles. The fourth-order valence-electron chi connectivity index (χ4n) is 4.99. The molecule has 3 aromatic rings. The Labute approximate surface area is 257 Å². The third-order valence-corrected chi connectivity index (χ3v) is 9.68. The van der Waals surface area contributed by atoms with Crippen LogP contribution in [-0.4, -0.2) is 50.9 Å². The van der Waals surface area contributed by atoms with Crippen LogP contribution in [0.25, 0.3) is 0 Å². The lowest BCUT2D eigenvalue weighted by molar-refractivity contribution is -0.139. The van der Waals surface area contributed by atoms with Gasteiger partial charge in [0.2, 0.25) is 11.8 Å². The van der Waals surface area contributed by atoms with Crippen molar-refractivity contribution in [2.24, 2.45) is 0 Å². The SMILES string of the molecule is COc1ccc(S(=O)(=O)N(CC(=O)N(Cc2cccc(Cl)c2)[C@@H](C)C(=O)NC2CCCCC2)c2ccc(Cl)cc2)cc1. The first kappa shape index (κ1) is 31.7. The number of nitrogens with one attached hydrogen (secondary N) is 1. The molecule has 4 rings (SSSR count). The van der Waals surface area contributed by atoms with Gasteiger partial charge < -0.3 is 15.0 Å². The summed E-state index contributed by atoms with van der Waals surface area (Å²) >= 11 is 12.3. The maximum Gasteiger partial charge on any atom is 0.264 e. The monoisotopic (exact) mass is 631 g/mol. The Morgan fingerprint density at radius 1 is 0.952 bits per heavy atom. The maximum atomic E-state index is 14.1. The second kappa shape index (κ2) is 14.3. The number of carbonyl (C=O) groups excluding carboxylic acids is 2. The van der Waals surface area contributed by atoms with Crippen LogP contribution in [-0.2, 0) is 26.2 Å². The number of amides is 2. The van der Waals surface area contributed by atoms with E-state index in [2.05, 4.69) is 5.32 Å². The summed E-state index contributed by atoms with van der Waals surface area (Å²) in [5.41, 5.74) is 0.967. The van der Waals surface area contributed by atoms with E-state index in [-0.39, 0.29) is 29.1 Å². The van der Waals surface area contributed by atoms with Gasteiger partial charge in [0.15, 0.2) is 0 Å². The third kappa shape index (κ3) is 7.96. The molecule has 2 amide bonds. The number of ether oxygens (including phenoxy) is 1. The fraction of sp³-hybridized carbons (Fsp3) is 0.355. The van der Waals surface area contributed by atoms with Crippen molar-refractivity contribution < 1.29 is 22.7 Å². The zero-order valence-corrected chi connectivity index (χ0v) is 26.0. The highest BCUT2D eigenvalue weighted by Crippen LogP contribution is 2.27. The van der Waals surface area contributed by atoms with Crippen molar-refractivity contribution in [3.8, 4) is 5.75 Å². The van der Waals surface area contributed by atoms with Gasteiger partial charge in [0.05, 0.1) is 17.7 Å². The largest absolute Gasteiger partial charge is 0.497 e. The Bertz CT molecular complexity index is 1480. The Morgan fingerprint density at radius 2 is 1.62 bits per heavy atom. The summed E-state index contributed by atoms with van der Waals surface area (Å²) in [5.74, 6) is -0.338. The second-order valence-corrected chi connectivity index (χ2v) is 13.1. The zero-order chi connectivity index (χ0) is 30.3. The minimum Gasteiger partial charge on any atom is -0.497 e. The van der Waals surface area contributed by atoms with Gasteiger partial charge in [-0.1, -0.05) is 54.6 Å². The molecule has 0 unspecified atom stereocenters. The highest BCUT2D eigenvalue weighted by molar-refractivity contribution is 7.92. The molecule has 0 saturated heterocycles. The molecule has 42 heavy (non-hydrogen) atoms. The third-order valence-electron chi connectivity index (χ3n) is 7.40. The Balaban J connectivity index is 1.67. The first-order valence-electron chi connectivity index (χ1n) is 13.8. The van der Waals surface area contributed by atoms with E-state index in [1.807, 2.05) is 6.07 Å². The molecule has 0 aromatic heterocycles. The van der Waals surface area contributed by atoms with Crippen LogP contribution in [0.3, 0.4) is 0 Å². The van der Waals surface area contributed by atoms with Crippen molar-refractivity contribution >= 4 is 50.7 Å². The average molecular weight is 633 g/mol. The summed E-state index contributed by atoms with van der Waals surface area (Å²) in [6.45, 7) is 1.18. The van der Waals surface area contributed by atoms with Crippen molar-refractivity contribution in [1.29, 1.82) is 0 Å². The molecule has 1 N–H and O–H groups in total. The lowest BCUT2D eigenvalue weighted by Crippen LogP contribution is -2.53. The molecule has 0 spiro atoms. The average Bonchev–Trinajstić information content (AvgIpc) is 2.99. The van der Waals surface area contributed by atoms with E-state index in [4.69, 9.17) is 27.9 Å². The molecular weight excluding hydrogens is 597 g/mol. The van der Waals surface area contributed by atoms with Crippen LogP contribution in [0.2, 0.25) is 10.0 Å².